The molecule has 0 N–H and O–H groups in total. The second-order valence-electron chi connectivity index (χ2n) is 8.88. The predicted molar refractivity (Wildman–Crippen MR) is 138 cm³/mol. The summed E-state index contributed by atoms with van der Waals surface area (Å²) in [5.74, 6) is 1.69. The Kier molecular flexibility index (Phi) is 12.8. The lowest BCUT2D eigenvalue weighted by atomic mass is 10.1. The third-order valence-corrected chi connectivity index (χ3v) is 6.11. The highest BCUT2D eigenvalue weighted by Crippen LogP contribution is 2.35. The Balaban J connectivity index is 2.36. The van der Waals surface area contributed by atoms with E-state index in [0.29, 0.717) is 31.3 Å². The fraction of sp³-hybridized carbons (Fsp3) is 0.679. The Morgan fingerprint density at radius 2 is 1.33 bits per heavy atom. The van der Waals surface area contributed by atoms with E-state index in [1.54, 1.807) is 7.11 Å². The van der Waals surface area contributed by atoms with Gasteiger partial charge < -0.3 is 18.8 Å². The summed E-state index contributed by atoms with van der Waals surface area (Å²) in [4.78, 5) is 13.6. The molecule has 0 atom stereocenters. The molecule has 0 saturated heterocycles. The van der Waals surface area contributed by atoms with Crippen LogP contribution in [-0.2, 0) is 6.54 Å². The molecule has 2 rings (SSSR count). The number of nitrogens with zero attached hydrogens (tertiary/aromatic N) is 1. The molecule has 2 aromatic rings. The largest absolute Gasteiger partial charge is 0.497 e. The quantitative estimate of drug-likeness (QED) is 0.216. The predicted octanol–water partition coefficient (Wildman–Crippen LogP) is 7.51. The smallest absolute Gasteiger partial charge is 0.297 e. The van der Waals surface area contributed by atoms with Gasteiger partial charge in [0.05, 0.1) is 25.8 Å². The molecule has 0 aliphatic rings. The van der Waals surface area contributed by atoms with Crippen molar-refractivity contribution in [1.29, 1.82) is 0 Å². The number of pyridine rings is 1. The Morgan fingerprint density at radius 1 is 0.727 bits per heavy atom. The molecule has 0 fully saturated rings. The lowest BCUT2D eigenvalue weighted by Crippen LogP contribution is -2.24. The molecule has 1 aromatic heterocycles. The molecule has 0 bridgehead atoms. The van der Waals surface area contributed by atoms with Crippen LogP contribution in [0.4, 0.5) is 0 Å². The van der Waals surface area contributed by atoms with Crippen LogP contribution in [0, 0.1) is 0 Å². The normalized spacial score (nSPS) is 11.2. The van der Waals surface area contributed by atoms with Crippen molar-refractivity contribution in [3.63, 3.8) is 0 Å². The topological polar surface area (TPSA) is 49.7 Å². The summed E-state index contributed by atoms with van der Waals surface area (Å²) in [7, 11) is 1.65. The lowest BCUT2D eigenvalue weighted by molar-refractivity contribution is 0.257. The first-order valence-corrected chi connectivity index (χ1v) is 13.2. The summed E-state index contributed by atoms with van der Waals surface area (Å²) in [6.45, 7) is 8.35. The van der Waals surface area contributed by atoms with E-state index in [-0.39, 0.29) is 5.56 Å². The number of rotatable bonds is 18. The van der Waals surface area contributed by atoms with Crippen molar-refractivity contribution in [2.24, 2.45) is 0 Å². The first kappa shape index (κ1) is 27.1. The second-order valence-corrected chi connectivity index (χ2v) is 8.88. The molecule has 0 saturated carbocycles. The van der Waals surface area contributed by atoms with Gasteiger partial charge in [-0.1, -0.05) is 78.6 Å². The van der Waals surface area contributed by atoms with E-state index < -0.39 is 0 Å². The average Bonchev–Trinajstić information content (AvgIpc) is 2.83. The third-order valence-electron chi connectivity index (χ3n) is 6.11. The van der Waals surface area contributed by atoms with E-state index in [1.807, 2.05) is 22.8 Å². The van der Waals surface area contributed by atoms with Crippen LogP contribution in [-0.4, -0.2) is 24.9 Å². The molecule has 0 amide bonds. The van der Waals surface area contributed by atoms with E-state index in [4.69, 9.17) is 14.2 Å². The maximum absolute atomic E-state index is 13.6. The number of ether oxygens (including phenoxy) is 3. The molecule has 5 heteroatoms. The Bertz CT molecular complexity index is 874. The van der Waals surface area contributed by atoms with Crippen molar-refractivity contribution in [2.45, 2.75) is 104 Å². The Hall–Kier alpha value is -2.17. The van der Waals surface area contributed by atoms with Gasteiger partial charge in [0.1, 0.15) is 5.75 Å². The number of hydrogen-bond donors (Lipinski definition) is 0. The number of aryl methyl sites for hydroxylation is 1. The van der Waals surface area contributed by atoms with E-state index in [0.717, 1.165) is 55.2 Å². The molecule has 0 unspecified atom stereocenters. The first-order chi connectivity index (χ1) is 16.2. The monoisotopic (exact) mass is 459 g/mol. The van der Waals surface area contributed by atoms with Gasteiger partial charge in [0.2, 0.25) is 5.75 Å². The Morgan fingerprint density at radius 3 is 2.03 bits per heavy atom. The van der Waals surface area contributed by atoms with Crippen LogP contribution in [0.25, 0.3) is 10.9 Å². The third kappa shape index (κ3) is 8.28. The number of aromatic nitrogens is 1. The fourth-order valence-electron chi connectivity index (χ4n) is 4.07. The van der Waals surface area contributed by atoms with E-state index in [1.165, 1.54) is 38.5 Å². The highest BCUT2D eigenvalue weighted by molar-refractivity contribution is 5.89. The van der Waals surface area contributed by atoms with Crippen molar-refractivity contribution in [3.05, 3.63) is 28.6 Å². The minimum Gasteiger partial charge on any atom is -0.497 e. The van der Waals surface area contributed by atoms with Crippen LogP contribution >= 0.6 is 0 Å². The molecule has 186 valence electrons. The van der Waals surface area contributed by atoms with Gasteiger partial charge in [-0.2, -0.15) is 0 Å². The highest BCUT2D eigenvalue weighted by Gasteiger charge is 2.20. The van der Waals surface area contributed by atoms with Crippen molar-refractivity contribution in [1.82, 2.24) is 4.57 Å². The zero-order chi connectivity index (χ0) is 23.9. The number of unbranched alkanes of at least 4 members (excludes halogenated alkanes) is 9. The summed E-state index contributed by atoms with van der Waals surface area (Å²) in [5, 5.41) is 0.917. The van der Waals surface area contributed by atoms with Gasteiger partial charge in [-0.25, -0.2) is 0 Å². The molecular formula is C28H45NO4. The van der Waals surface area contributed by atoms with Crippen LogP contribution in [0.1, 0.15) is 97.8 Å². The zero-order valence-corrected chi connectivity index (χ0v) is 21.4. The van der Waals surface area contributed by atoms with Gasteiger partial charge in [-0.05, 0) is 31.4 Å². The number of benzene rings is 1. The Labute approximate surface area is 200 Å². The van der Waals surface area contributed by atoms with E-state index >= 15 is 0 Å². The van der Waals surface area contributed by atoms with Crippen LogP contribution in [0.2, 0.25) is 0 Å². The summed E-state index contributed by atoms with van der Waals surface area (Å²) < 4.78 is 19.6. The molecule has 1 heterocycles. The van der Waals surface area contributed by atoms with Gasteiger partial charge in [-0.3, -0.25) is 4.79 Å². The van der Waals surface area contributed by atoms with Crippen molar-refractivity contribution >= 4 is 10.9 Å². The molecular weight excluding hydrogens is 414 g/mol. The van der Waals surface area contributed by atoms with Crippen LogP contribution in [0.3, 0.4) is 0 Å². The van der Waals surface area contributed by atoms with Crippen molar-refractivity contribution < 1.29 is 14.2 Å². The van der Waals surface area contributed by atoms with Crippen molar-refractivity contribution in [3.8, 4) is 17.2 Å². The fourth-order valence-corrected chi connectivity index (χ4v) is 4.07. The molecule has 33 heavy (non-hydrogen) atoms. The average molecular weight is 460 g/mol. The summed E-state index contributed by atoms with van der Waals surface area (Å²) in [6.07, 6.45) is 13.5. The van der Waals surface area contributed by atoms with E-state index in [9.17, 15) is 4.79 Å². The van der Waals surface area contributed by atoms with E-state index in [2.05, 4.69) is 20.8 Å². The zero-order valence-electron chi connectivity index (χ0n) is 21.4. The number of methoxy groups -OCH3 is 1. The van der Waals surface area contributed by atoms with Crippen molar-refractivity contribution in [2.75, 3.05) is 20.3 Å². The number of fused-ring (bicyclic) bond motifs is 1. The number of hydrogen-bond acceptors (Lipinski definition) is 4. The molecule has 0 spiro atoms. The van der Waals surface area contributed by atoms with Gasteiger partial charge in [0.25, 0.3) is 5.56 Å². The maximum Gasteiger partial charge on any atom is 0.297 e. The van der Waals surface area contributed by atoms with Gasteiger partial charge in [0.15, 0.2) is 5.75 Å². The summed E-state index contributed by atoms with van der Waals surface area (Å²) >= 11 is 0. The summed E-state index contributed by atoms with van der Waals surface area (Å²) in [6, 6.07) is 5.87. The second kappa shape index (κ2) is 15.6. The minimum absolute atomic E-state index is 0.0928. The standard InChI is InChI=1S/C28H45NO4/c1-5-8-11-13-14-16-21-33-27-26(32-20-10-7-3)24-18-17-23(31-4)22-25(24)29(28(27)30)19-15-12-9-6-2/h17-18,22H,5-16,19-21H2,1-4H3. The van der Waals surface area contributed by atoms with Crippen LogP contribution in [0.15, 0.2) is 23.0 Å². The van der Waals surface area contributed by atoms with Crippen LogP contribution < -0.4 is 19.8 Å². The lowest BCUT2D eigenvalue weighted by Gasteiger charge is -2.19. The summed E-state index contributed by atoms with van der Waals surface area (Å²) in [5.41, 5.74) is 0.763. The van der Waals surface area contributed by atoms with Gasteiger partial charge >= 0.3 is 0 Å². The molecule has 1 aromatic carbocycles. The van der Waals surface area contributed by atoms with Gasteiger partial charge in [0, 0.05) is 18.0 Å². The SMILES string of the molecule is CCCCCCCCOc1c(OCCCC)c2ccc(OC)cc2n(CCCCCC)c1=O. The minimum atomic E-state index is -0.0928. The first-order valence-electron chi connectivity index (χ1n) is 13.2. The van der Waals surface area contributed by atoms with Crippen LogP contribution in [0.5, 0.6) is 17.2 Å². The maximum atomic E-state index is 13.6. The molecule has 0 aliphatic carbocycles. The molecule has 5 nitrogen and oxygen atoms in total. The van der Waals surface area contributed by atoms with Gasteiger partial charge in [-0.15, -0.1) is 0 Å². The highest BCUT2D eigenvalue weighted by atomic mass is 16.5. The molecule has 0 aliphatic heterocycles. The molecule has 0 radical (unpaired) electrons.